The zero-order valence-electron chi connectivity index (χ0n) is 17.4. The first-order chi connectivity index (χ1) is 15.0. The number of nitrogens with zero attached hydrogens (tertiary/aromatic N) is 4. The molecule has 9 heteroatoms. The van der Waals surface area contributed by atoms with Crippen LogP contribution < -0.4 is 15.0 Å². The van der Waals surface area contributed by atoms with E-state index in [0.717, 1.165) is 35.5 Å². The van der Waals surface area contributed by atoms with Gasteiger partial charge in [-0.3, -0.25) is 14.2 Å². The molecule has 0 bridgehead atoms. The number of benzene rings is 2. The Hall–Kier alpha value is -3.33. The third-order valence-corrected chi connectivity index (χ3v) is 5.92. The molecule has 0 saturated heterocycles. The number of carbonyl (C=O) groups is 2. The summed E-state index contributed by atoms with van der Waals surface area (Å²) in [6, 6.07) is 13.2. The number of hydrogen-bond acceptors (Lipinski definition) is 6. The third-order valence-electron chi connectivity index (χ3n) is 4.99. The minimum atomic E-state index is -0.138. The van der Waals surface area contributed by atoms with E-state index in [0.29, 0.717) is 17.4 Å². The summed E-state index contributed by atoms with van der Waals surface area (Å²) in [5.41, 5.74) is 3.57. The lowest BCUT2D eigenvalue weighted by molar-refractivity contribution is -0.116. The average Bonchev–Trinajstić information content (AvgIpc) is 3.25. The first-order valence-corrected chi connectivity index (χ1v) is 10.9. The van der Waals surface area contributed by atoms with E-state index in [1.807, 2.05) is 47.4 Å². The van der Waals surface area contributed by atoms with E-state index in [1.54, 1.807) is 18.0 Å². The lowest BCUT2D eigenvalue weighted by atomic mass is 10.0. The quantitative estimate of drug-likeness (QED) is 0.595. The molecule has 160 valence electrons. The molecular weight excluding hydrogens is 414 g/mol. The Labute approximate surface area is 184 Å². The van der Waals surface area contributed by atoms with Crippen molar-refractivity contribution in [2.45, 2.75) is 24.9 Å². The zero-order chi connectivity index (χ0) is 21.8. The smallest absolute Gasteiger partial charge is 0.237 e. The highest BCUT2D eigenvalue weighted by atomic mass is 32.2. The van der Waals surface area contributed by atoms with Gasteiger partial charge in [-0.25, -0.2) is 0 Å². The van der Waals surface area contributed by atoms with E-state index in [1.165, 1.54) is 18.7 Å². The maximum absolute atomic E-state index is 13.0. The van der Waals surface area contributed by atoms with Gasteiger partial charge in [0, 0.05) is 24.8 Å². The molecule has 8 nitrogen and oxygen atoms in total. The van der Waals surface area contributed by atoms with Crippen LogP contribution in [-0.2, 0) is 16.0 Å². The molecule has 0 aliphatic carbocycles. The number of thioether (sulfide) groups is 1. The lowest BCUT2D eigenvalue weighted by Gasteiger charge is -2.29. The van der Waals surface area contributed by atoms with Crippen LogP contribution in [0.5, 0.6) is 5.75 Å². The summed E-state index contributed by atoms with van der Waals surface area (Å²) in [4.78, 5) is 26.2. The van der Waals surface area contributed by atoms with Crippen LogP contribution >= 0.6 is 11.8 Å². The fourth-order valence-electron chi connectivity index (χ4n) is 3.60. The van der Waals surface area contributed by atoms with Crippen LogP contribution in [0.1, 0.15) is 18.9 Å². The molecule has 1 aliphatic rings. The largest absolute Gasteiger partial charge is 0.497 e. The number of amides is 2. The fraction of sp³-hybridized carbons (Fsp3) is 0.273. The van der Waals surface area contributed by atoms with Crippen LogP contribution in [0.25, 0.3) is 5.69 Å². The van der Waals surface area contributed by atoms with Crippen molar-refractivity contribution in [2.24, 2.45) is 0 Å². The van der Waals surface area contributed by atoms with Crippen molar-refractivity contribution < 1.29 is 14.3 Å². The second kappa shape index (κ2) is 9.22. The number of hydrogen-bond donors (Lipinski definition) is 1. The molecule has 0 fully saturated rings. The minimum Gasteiger partial charge on any atom is -0.497 e. The van der Waals surface area contributed by atoms with Gasteiger partial charge in [-0.05, 0) is 54.8 Å². The fourth-order valence-corrected chi connectivity index (χ4v) is 4.41. The number of fused-ring (bicyclic) bond motifs is 1. The summed E-state index contributed by atoms with van der Waals surface area (Å²) < 4.78 is 7.11. The second-order valence-corrected chi connectivity index (χ2v) is 8.09. The molecule has 0 spiro atoms. The third kappa shape index (κ3) is 4.72. The minimum absolute atomic E-state index is 0.0256. The monoisotopic (exact) mass is 437 g/mol. The first kappa shape index (κ1) is 20.9. The number of methoxy groups -OCH3 is 1. The molecule has 0 saturated carbocycles. The lowest BCUT2D eigenvalue weighted by Crippen LogP contribution is -2.36. The highest BCUT2D eigenvalue weighted by Crippen LogP contribution is 2.31. The van der Waals surface area contributed by atoms with Crippen LogP contribution in [0.4, 0.5) is 11.4 Å². The van der Waals surface area contributed by atoms with Gasteiger partial charge in [0.25, 0.3) is 0 Å². The van der Waals surface area contributed by atoms with Crippen molar-refractivity contribution >= 4 is 35.0 Å². The highest BCUT2D eigenvalue weighted by Gasteiger charge is 2.23. The summed E-state index contributed by atoms with van der Waals surface area (Å²) in [5, 5.41) is 11.5. The number of nitrogens with one attached hydrogen (secondary N) is 1. The van der Waals surface area contributed by atoms with Crippen molar-refractivity contribution in [1.82, 2.24) is 14.8 Å². The Balaban J connectivity index is 1.48. The van der Waals surface area contributed by atoms with E-state index >= 15 is 0 Å². The van der Waals surface area contributed by atoms with E-state index in [9.17, 15) is 9.59 Å². The molecule has 0 unspecified atom stereocenters. The van der Waals surface area contributed by atoms with Gasteiger partial charge in [-0.2, -0.15) is 0 Å². The van der Waals surface area contributed by atoms with Gasteiger partial charge in [0.2, 0.25) is 11.8 Å². The van der Waals surface area contributed by atoms with Crippen LogP contribution in [-0.4, -0.2) is 46.0 Å². The normalized spacial score (nSPS) is 12.9. The highest BCUT2D eigenvalue weighted by molar-refractivity contribution is 7.99. The molecule has 4 rings (SSSR count). The standard InChI is InChI=1S/C22H23N5O3S/c1-15(28)24-17-6-3-7-18(12-17)27-14-23-25-22(27)31-13-21(29)26-10-4-5-16-11-19(30-2)8-9-20(16)26/h3,6-9,11-12,14H,4-5,10,13H2,1-2H3,(H,24,28). The number of ether oxygens (including phenoxy) is 1. The molecule has 31 heavy (non-hydrogen) atoms. The van der Waals surface area contributed by atoms with Crippen molar-refractivity contribution in [2.75, 3.05) is 29.6 Å². The Morgan fingerprint density at radius 2 is 2.10 bits per heavy atom. The van der Waals surface area contributed by atoms with Crippen LogP contribution in [0, 0.1) is 0 Å². The SMILES string of the molecule is COc1ccc2c(c1)CCCN2C(=O)CSc1nncn1-c1cccc(NC(C)=O)c1. The molecule has 1 aliphatic heterocycles. The van der Waals surface area contributed by atoms with Gasteiger partial charge in [0.1, 0.15) is 12.1 Å². The molecule has 2 aromatic carbocycles. The topological polar surface area (TPSA) is 89.3 Å². The molecular formula is C22H23N5O3S. The Bertz CT molecular complexity index is 1110. The summed E-state index contributed by atoms with van der Waals surface area (Å²) in [6.45, 7) is 2.16. The van der Waals surface area contributed by atoms with E-state index < -0.39 is 0 Å². The van der Waals surface area contributed by atoms with E-state index in [4.69, 9.17) is 4.74 Å². The van der Waals surface area contributed by atoms with Crippen LogP contribution in [0.2, 0.25) is 0 Å². The van der Waals surface area contributed by atoms with E-state index in [-0.39, 0.29) is 17.6 Å². The van der Waals surface area contributed by atoms with E-state index in [2.05, 4.69) is 15.5 Å². The van der Waals surface area contributed by atoms with Gasteiger partial charge in [-0.15, -0.1) is 10.2 Å². The Morgan fingerprint density at radius 3 is 2.90 bits per heavy atom. The Kier molecular flexibility index (Phi) is 6.22. The molecule has 3 aromatic rings. The van der Waals surface area contributed by atoms with Gasteiger partial charge in [0.05, 0.1) is 18.6 Å². The van der Waals surface area contributed by atoms with Crippen LogP contribution in [0.3, 0.4) is 0 Å². The predicted octanol–water partition coefficient (Wildman–Crippen LogP) is 3.31. The zero-order valence-corrected chi connectivity index (χ0v) is 18.2. The predicted molar refractivity (Wildman–Crippen MR) is 120 cm³/mol. The summed E-state index contributed by atoms with van der Waals surface area (Å²) in [5.74, 6) is 0.936. The second-order valence-electron chi connectivity index (χ2n) is 7.15. The number of rotatable bonds is 6. The first-order valence-electron chi connectivity index (χ1n) is 9.93. The van der Waals surface area contributed by atoms with Gasteiger partial charge in [0.15, 0.2) is 5.16 Å². The molecule has 1 N–H and O–H groups in total. The average molecular weight is 438 g/mol. The summed E-state index contributed by atoms with van der Waals surface area (Å²) in [6.07, 6.45) is 3.45. The summed E-state index contributed by atoms with van der Waals surface area (Å²) in [7, 11) is 1.64. The van der Waals surface area contributed by atoms with Crippen molar-refractivity contribution in [3.05, 3.63) is 54.4 Å². The molecule has 0 atom stereocenters. The van der Waals surface area contributed by atoms with Gasteiger partial charge < -0.3 is 15.0 Å². The Morgan fingerprint density at radius 1 is 1.23 bits per heavy atom. The molecule has 2 amide bonds. The van der Waals surface area contributed by atoms with Gasteiger partial charge in [-0.1, -0.05) is 17.8 Å². The number of aromatic nitrogens is 3. The summed E-state index contributed by atoms with van der Waals surface area (Å²) >= 11 is 1.34. The number of aryl methyl sites for hydroxylation is 1. The number of carbonyl (C=O) groups excluding carboxylic acids is 2. The van der Waals surface area contributed by atoms with Crippen LogP contribution in [0.15, 0.2) is 53.9 Å². The molecule has 0 radical (unpaired) electrons. The molecule has 1 aromatic heterocycles. The van der Waals surface area contributed by atoms with Crippen molar-refractivity contribution in [3.63, 3.8) is 0 Å². The maximum Gasteiger partial charge on any atom is 0.237 e. The van der Waals surface area contributed by atoms with Gasteiger partial charge >= 0.3 is 0 Å². The molecule has 2 heterocycles. The number of anilines is 2. The van der Waals surface area contributed by atoms with Crippen molar-refractivity contribution in [1.29, 1.82) is 0 Å². The van der Waals surface area contributed by atoms with Crippen molar-refractivity contribution in [3.8, 4) is 11.4 Å². The maximum atomic E-state index is 13.0.